The van der Waals surface area contributed by atoms with Crippen LogP contribution in [0.15, 0.2) is 24.5 Å². The minimum absolute atomic E-state index is 0.0313. The van der Waals surface area contributed by atoms with Crippen LogP contribution >= 0.6 is 0 Å². The van der Waals surface area contributed by atoms with Gasteiger partial charge in [-0.2, -0.15) is 0 Å². The Morgan fingerprint density at radius 1 is 1.38 bits per heavy atom. The lowest BCUT2D eigenvalue weighted by Crippen LogP contribution is -2.13. The summed E-state index contributed by atoms with van der Waals surface area (Å²) < 4.78 is 2.12. The molecule has 0 aliphatic carbocycles. The molecule has 0 spiro atoms. The largest absolute Gasteiger partial charge is 0.390 e. The van der Waals surface area contributed by atoms with Gasteiger partial charge in [0.05, 0.1) is 24.3 Å². The molecule has 0 atom stereocenters. The van der Waals surface area contributed by atoms with E-state index >= 15 is 0 Å². The van der Waals surface area contributed by atoms with Gasteiger partial charge >= 0.3 is 0 Å². The molecule has 0 bridgehead atoms. The van der Waals surface area contributed by atoms with Crippen LogP contribution in [0.3, 0.4) is 0 Å². The van der Waals surface area contributed by atoms with Gasteiger partial charge < -0.3 is 9.67 Å². The molecule has 1 aliphatic heterocycles. The Balaban J connectivity index is 2.26. The second-order valence-corrected chi connectivity index (χ2v) is 4.25. The first-order valence-corrected chi connectivity index (χ1v) is 5.56. The molecule has 0 fully saturated rings. The summed E-state index contributed by atoms with van der Waals surface area (Å²) in [6, 6.07) is 6.39. The molecule has 0 unspecified atom stereocenters. The second-order valence-electron chi connectivity index (χ2n) is 4.25. The van der Waals surface area contributed by atoms with Crippen LogP contribution in [0.25, 0.3) is 5.69 Å². The zero-order valence-electron chi connectivity index (χ0n) is 9.27. The fourth-order valence-corrected chi connectivity index (χ4v) is 2.52. The van der Waals surface area contributed by atoms with Gasteiger partial charge in [-0.1, -0.05) is 18.2 Å². The van der Waals surface area contributed by atoms with Crippen molar-refractivity contribution in [3.63, 3.8) is 0 Å². The van der Waals surface area contributed by atoms with Crippen LogP contribution < -0.4 is 0 Å². The summed E-state index contributed by atoms with van der Waals surface area (Å²) in [6.45, 7) is 2.15. The zero-order valence-corrected chi connectivity index (χ0v) is 9.27. The lowest BCUT2D eigenvalue weighted by Gasteiger charge is -2.21. The molecule has 3 heteroatoms. The maximum absolute atomic E-state index is 9.22. The van der Waals surface area contributed by atoms with Gasteiger partial charge in [0.15, 0.2) is 0 Å². The molecule has 0 radical (unpaired) electrons. The molecule has 0 saturated carbocycles. The smallest absolute Gasteiger partial charge is 0.0998 e. The number of hydrogen-bond donors (Lipinski definition) is 1. The SMILES string of the molecule is Cc1cccc2c1-n1cnc(CO)c1CC2. The minimum atomic E-state index is 0.0313. The Bertz CT molecular complexity index is 543. The molecule has 82 valence electrons. The molecule has 0 amide bonds. The summed E-state index contributed by atoms with van der Waals surface area (Å²) in [4.78, 5) is 4.27. The van der Waals surface area contributed by atoms with Crippen molar-refractivity contribution in [1.82, 2.24) is 9.55 Å². The topological polar surface area (TPSA) is 38.0 Å². The normalized spacial score (nSPS) is 13.4. The molecule has 1 N–H and O–H groups in total. The number of rotatable bonds is 1. The Hall–Kier alpha value is -1.61. The molecule has 1 aromatic heterocycles. The maximum atomic E-state index is 9.22. The third kappa shape index (κ3) is 1.21. The van der Waals surface area contributed by atoms with Gasteiger partial charge in [0.25, 0.3) is 0 Å². The predicted molar refractivity (Wildman–Crippen MR) is 61.6 cm³/mol. The van der Waals surface area contributed by atoms with Gasteiger partial charge in [0.2, 0.25) is 0 Å². The van der Waals surface area contributed by atoms with Gasteiger partial charge in [0.1, 0.15) is 0 Å². The van der Waals surface area contributed by atoms with Crippen LogP contribution in [0.4, 0.5) is 0 Å². The van der Waals surface area contributed by atoms with E-state index in [9.17, 15) is 5.11 Å². The molecule has 1 aromatic carbocycles. The van der Waals surface area contributed by atoms with Crippen molar-refractivity contribution in [3.05, 3.63) is 47.0 Å². The zero-order chi connectivity index (χ0) is 11.1. The first kappa shape index (κ1) is 9.60. The average molecular weight is 214 g/mol. The lowest BCUT2D eigenvalue weighted by molar-refractivity contribution is 0.276. The molecular weight excluding hydrogens is 200 g/mol. The van der Waals surface area contributed by atoms with E-state index in [1.54, 1.807) is 0 Å². The summed E-state index contributed by atoms with van der Waals surface area (Å²) in [5, 5.41) is 9.22. The van der Waals surface area contributed by atoms with Crippen molar-refractivity contribution in [2.75, 3.05) is 0 Å². The summed E-state index contributed by atoms with van der Waals surface area (Å²) in [5.41, 5.74) is 5.85. The highest BCUT2D eigenvalue weighted by molar-refractivity contribution is 5.51. The van der Waals surface area contributed by atoms with Crippen molar-refractivity contribution < 1.29 is 5.11 Å². The standard InChI is InChI=1S/C13H14N2O/c1-9-3-2-4-10-5-6-12-11(7-16)14-8-15(12)13(9)10/h2-4,8,16H,5-7H2,1H3. The molecular formula is C13H14N2O. The van der Waals surface area contributed by atoms with E-state index in [4.69, 9.17) is 0 Å². The van der Waals surface area contributed by atoms with Gasteiger partial charge in [-0.05, 0) is 30.9 Å². The van der Waals surface area contributed by atoms with Gasteiger partial charge in [-0.25, -0.2) is 4.98 Å². The number of nitrogens with zero attached hydrogens (tertiary/aromatic N) is 2. The third-order valence-corrected chi connectivity index (χ3v) is 3.30. The van der Waals surface area contributed by atoms with Crippen LogP contribution in [-0.2, 0) is 19.4 Å². The summed E-state index contributed by atoms with van der Waals surface area (Å²) >= 11 is 0. The van der Waals surface area contributed by atoms with Crippen molar-refractivity contribution in [2.45, 2.75) is 26.4 Å². The van der Waals surface area contributed by atoms with Crippen LogP contribution in [0.1, 0.15) is 22.5 Å². The van der Waals surface area contributed by atoms with E-state index in [1.807, 2.05) is 6.33 Å². The second kappa shape index (κ2) is 3.46. The molecule has 2 heterocycles. The van der Waals surface area contributed by atoms with E-state index in [2.05, 4.69) is 34.7 Å². The number of imidazole rings is 1. The van der Waals surface area contributed by atoms with E-state index in [0.717, 1.165) is 24.2 Å². The van der Waals surface area contributed by atoms with Crippen LogP contribution in [0.2, 0.25) is 0 Å². The average Bonchev–Trinajstić information content (AvgIpc) is 2.72. The fraction of sp³-hybridized carbons (Fsp3) is 0.308. The minimum Gasteiger partial charge on any atom is -0.390 e. The van der Waals surface area contributed by atoms with Crippen molar-refractivity contribution in [2.24, 2.45) is 0 Å². The highest BCUT2D eigenvalue weighted by atomic mass is 16.3. The Morgan fingerprint density at radius 3 is 3.06 bits per heavy atom. The third-order valence-electron chi connectivity index (χ3n) is 3.30. The monoisotopic (exact) mass is 214 g/mol. The lowest BCUT2D eigenvalue weighted by atomic mass is 9.98. The Morgan fingerprint density at radius 2 is 2.25 bits per heavy atom. The number of aryl methyl sites for hydroxylation is 2. The van der Waals surface area contributed by atoms with Crippen LogP contribution in [-0.4, -0.2) is 14.7 Å². The number of benzene rings is 1. The van der Waals surface area contributed by atoms with Crippen molar-refractivity contribution in [3.8, 4) is 5.69 Å². The van der Waals surface area contributed by atoms with E-state index in [0.29, 0.717) is 0 Å². The van der Waals surface area contributed by atoms with E-state index < -0.39 is 0 Å². The molecule has 3 nitrogen and oxygen atoms in total. The first-order valence-electron chi connectivity index (χ1n) is 5.56. The quantitative estimate of drug-likeness (QED) is 0.785. The summed E-state index contributed by atoms with van der Waals surface area (Å²) in [5.74, 6) is 0. The van der Waals surface area contributed by atoms with Crippen molar-refractivity contribution in [1.29, 1.82) is 0 Å². The van der Waals surface area contributed by atoms with Gasteiger partial charge in [0, 0.05) is 5.69 Å². The molecule has 3 rings (SSSR count). The molecule has 1 aliphatic rings. The number of aromatic nitrogens is 2. The molecule has 2 aromatic rings. The highest BCUT2D eigenvalue weighted by Gasteiger charge is 2.20. The van der Waals surface area contributed by atoms with Crippen LogP contribution in [0, 0.1) is 6.92 Å². The fourth-order valence-electron chi connectivity index (χ4n) is 2.52. The number of hydrogen-bond acceptors (Lipinski definition) is 2. The number of fused-ring (bicyclic) bond motifs is 3. The number of aliphatic hydroxyl groups is 1. The number of aliphatic hydroxyl groups excluding tert-OH is 1. The highest BCUT2D eigenvalue weighted by Crippen LogP contribution is 2.28. The molecule has 16 heavy (non-hydrogen) atoms. The van der Waals surface area contributed by atoms with E-state index in [1.165, 1.54) is 16.8 Å². The first-order chi connectivity index (χ1) is 7.81. The maximum Gasteiger partial charge on any atom is 0.0998 e. The van der Waals surface area contributed by atoms with Crippen LogP contribution in [0.5, 0.6) is 0 Å². The predicted octanol–water partition coefficient (Wildman–Crippen LogP) is 1.77. The Labute approximate surface area is 94.4 Å². The van der Waals surface area contributed by atoms with Gasteiger partial charge in [-0.15, -0.1) is 0 Å². The van der Waals surface area contributed by atoms with Gasteiger partial charge in [-0.3, -0.25) is 0 Å². The van der Waals surface area contributed by atoms with Crippen molar-refractivity contribution >= 4 is 0 Å². The Kier molecular flexibility index (Phi) is 2.07. The summed E-state index contributed by atoms with van der Waals surface area (Å²) in [7, 11) is 0. The number of para-hydroxylation sites is 1. The van der Waals surface area contributed by atoms with E-state index in [-0.39, 0.29) is 6.61 Å². The summed E-state index contributed by atoms with van der Waals surface area (Å²) in [6.07, 6.45) is 3.83. The molecule has 0 saturated heterocycles.